The molecule has 0 aliphatic heterocycles. The van der Waals surface area contributed by atoms with E-state index in [1.807, 2.05) is 25.1 Å². The first-order chi connectivity index (χ1) is 16.9. The lowest BCUT2D eigenvalue weighted by molar-refractivity contribution is 0.102. The molecule has 0 saturated heterocycles. The van der Waals surface area contributed by atoms with Gasteiger partial charge in [-0.25, -0.2) is 8.42 Å². The van der Waals surface area contributed by atoms with Crippen LogP contribution >= 0.6 is 0 Å². The summed E-state index contributed by atoms with van der Waals surface area (Å²) in [6.07, 6.45) is 3.20. The van der Waals surface area contributed by atoms with Gasteiger partial charge in [-0.05, 0) is 66.6 Å². The van der Waals surface area contributed by atoms with E-state index < -0.39 is 10.0 Å². The van der Waals surface area contributed by atoms with Crippen molar-refractivity contribution >= 4 is 38.2 Å². The normalized spacial score (nSPS) is 11.3. The first-order valence-corrected chi connectivity index (χ1v) is 12.3. The standard InChI is InChI=1S/C26H21N5O3S/c1-17-8-10-21(11-9-17)35(33,34)31-20-6-4-5-18(13-20)19-14-24(22-16-28-30-25(22)15-19)29-26(32)23-7-2-3-12-27-23/h2-16,31H,1H3,(H,28,30)(H,29,32). The number of H-pyrrole nitrogens is 1. The Morgan fingerprint density at radius 1 is 0.914 bits per heavy atom. The number of aromatic nitrogens is 3. The van der Waals surface area contributed by atoms with Crippen LogP contribution in [0, 0.1) is 6.92 Å². The highest BCUT2D eigenvalue weighted by molar-refractivity contribution is 7.92. The van der Waals surface area contributed by atoms with Gasteiger partial charge in [-0.15, -0.1) is 0 Å². The second-order valence-corrected chi connectivity index (χ2v) is 9.71. The van der Waals surface area contributed by atoms with E-state index >= 15 is 0 Å². The highest BCUT2D eigenvalue weighted by Crippen LogP contribution is 2.32. The zero-order valence-electron chi connectivity index (χ0n) is 18.7. The summed E-state index contributed by atoms with van der Waals surface area (Å²) in [5.41, 5.74) is 4.52. The van der Waals surface area contributed by atoms with Crippen LogP contribution in [0.25, 0.3) is 22.0 Å². The van der Waals surface area contributed by atoms with Crippen molar-refractivity contribution in [2.24, 2.45) is 0 Å². The van der Waals surface area contributed by atoms with E-state index in [9.17, 15) is 13.2 Å². The number of pyridine rings is 1. The SMILES string of the molecule is Cc1ccc(S(=O)(=O)Nc2cccc(-c3cc(NC(=O)c4ccccn4)c4cn[nH]c4c3)c2)cc1. The quantitative estimate of drug-likeness (QED) is 0.315. The van der Waals surface area contributed by atoms with Gasteiger partial charge >= 0.3 is 0 Å². The molecule has 174 valence electrons. The lowest BCUT2D eigenvalue weighted by Gasteiger charge is -2.12. The number of aromatic amines is 1. The molecule has 0 saturated carbocycles. The number of sulfonamides is 1. The van der Waals surface area contributed by atoms with Crippen LogP contribution in [-0.2, 0) is 10.0 Å². The maximum atomic E-state index is 12.8. The Hall–Kier alpha value is -4.50. The van der Waals surface area contributed by atoms with E-state index in [4.69, 9.17) is 0 Å². The molecule has 35 heavy (non-hydrogen) atoms. The minimum atomic E-state index is -3.74. The highest BCUT2D eigenvalue weighted by Gasteiger charge is 2.16. The third-order valence-corrected chi connectivity index (χ3v) is 6.88. The van der Waals surface area contributed by atoms with Gasteiger partial charge in [0.15, 0.2) is 0 Å². The van der Waals surface area contributed by atoms with Gasteiger partial charge in [0, 0.05) is 17.3 Å². The number of hydrogen-bond acceptors (Lipinski definition) is 5. The molecule has 0 spiro atoms. The second kappa shape index (κ2) is 9.03. The largest absolute Gasteiger partial charge is 0.320 e. The van der Waals surface area contributed by atoms with Gasteiger partial charge in [-0.1, -0.05) is 35.9 Å². The molecule has 2 heterocycles. The monoisotopic (exact) mass is 483 g/mol. The molecule has 2 aromatic heterocycles. The first-order valence-electron chi connectivity index (χ1n) is 10.8. The molecule has 0 radical (unpaired) electrons. The van der Waals surface area contributed by atoms with Crippen molar-refractivity contribution in [2.75, 3.05) is 10.0 Å². The molecular weight excluding hydrogens is 462 g/mol. The lowest BCUT2D eigenvalue weighted by atomic mass is 10.0. The summed E-state index contributed by atoms with van der Waals surface area (Å²) in [6.45, 7) is 1.90. The van der Waals surface area contributed by atoms with E-state index in [2.05, 4.69) is 25.2 Å². The van der Waals surface area contributed by atoms with Crippen LogP contribution in [0.3, 0.4) is 0 Å². The molecule has 1 amide bonds. The number of anilines is 2. The van der Waals surface area contributed by atoms with Crippen molar-refractivity contribution in [3.05, 3.63) is 103 Å². The van der Waals surface area contributed by atoms with Crippen LogP contribution in [-0.4, -0.2) is 29.5 Å². The van der Waals surface area contributed by atoms with E-state index in [0.717, 1.165) is 27.6 Å². The topological polar surface area (TPSA) is 117 Å². The zero-order chi connectivity index (χ0) is 24.4. The Labute approximate surface area is 202 Å². The molecule has 0 fully saturated rings. The average Bonchev–Trinajstić information content (AvgIpc) is 3.34. The fraction of sp³-hybridized carbons (Fsp3) is 0.0385. The van der Waals surface area contributed by atoms with Gasteiger partial charge in [0.05, 0.1) is 22.3 Å². The molecule has 3 aromatic carbocycles. The van der Waals surface area contributed by atoms with Gasteiger partial charge < -0.3 is 5.32 Å². The Kier molecular flexibility index (Phi) is 5.76. The molecule has 0 atom stereocenters. The smallest absolute Gasteiger partial charge is 0.274 e. The van der Waals surface area contributed by atoms with E-state index in [1.54, 1.807) is 73.1 Å². The van der Waals surface area contributed by atoms with Crippen LogP contribution in [0.2, 0.25) is 0 Å². The summed E-state index contributed by atoms with van der Waals surface area (Å²) in [4.78, 5) is 17.0. The number of nitrogens with one attached hydrogen (secondary N) is 3. The van der Waals surface area contributed by atoms with Crippen molar-refractivity contribution in [2.45, 2.75) is 11.8 Å². The van der Waals surface area contributed by atoms with Crippen molar-refractivity contribution in [1.82, 2.24) is 15.2 Å². The Morgan fingerprint density at radius 3 is 2.51 bits per heavy atom. The molecule has 5 aromatic rings. The molecule has 9 heteroatoms. The van der Waals surface area contributed by atoms with Gasteiger partial charge in [0.2, 0.25) is 0 Å². The van der Waals surface area contributed by atoms with Gasteiger partial charge in [-0.3, -0.25) is 19.6 Å². The summed E-state index contributed by atoms with van der Waals surface area (Å²) < 4.78 is 28.3. The number of nitrogens with zero attached hydrogens (tertiary/aromatic N) is 2. The third-order valence-electron chi connectivity index (χ3n) is 5.48. The third kappa shape index (κ3) is 4.75. The number of fused-ring (bicyclic) bond motifs is 1. The second-order valence-electron chi connectivity index (χ2n) is 8.02. The fourth-order valence-electron chi connectivity index (χ4n) is 3.70. The van der Waals surface area contributed by atoms with Crippen molar-refractivity contribution in [1.29, 1.82) is 0 Å². The molecule has 8 nitrogen and oxygen atoms in total. The Bertz CT molecular complexity index is 1630. The van der Waals surface area contributed by atoms with Crippen molar-refractivity contribution < 1.29 is 13.2 Å². The maximum absolute atomic E-state index is 12.8. The van der Waals surface area contributed by atoms with Crippen LogP contribution in [0.15, 0.2) is 96.2 Å². The summed E-state index contributed by atoms with van der Waals surface area (Å²) in [7, 11) is -3.74. The summed E-state index contributed by atoms with van der Waals surface area (Å²) in [5, 5.41) is 10.7. The first kappa shape index (κ1) is 22.3. The zero-order valence-corrected chi connectivity index (χ0v) is 19.5. The van der Waals surface area contributed by atoms with Gasteiger partial charge in [0.25, 0.3) is 15.9 Å². The van der Waals surface area contributed by atoms with E-state index in [1.165, 1.54) is 0 Å². The van der Waals surface area contributed by atoms with E-state index in [0.29, 0.717) is 17.1 Å². The number of amides is 1. The van der Waals surface area contributed by atoms with Crippen LogP contribution in [0.5, 0.6) is 0 Å². The molecular formula is C26H21N5O3S. The molecule has 5 rings (SSSR count). The van der Waals surface area contributed by atoms with Gasteiger partial charge in [-0.2, -0.15) is 5.10 Å². The number of aryl methyl sites for hydroxylation is 1. The minimum absolute atomic E-state index is 0.187. The predicted octanol–water partition coefficient (Wildman–Crippen LogP) is 4.99. The average molecular weight is 484 g/mol. The van der Waals surface area contributed by atoms with Crippen LogP contribution in [0.1, 0.15) is 16.1 Å². The maximum Gasteiger partial charge on any atom is 0.274 e. The predicted molar refractivity (Wildman–Crippen MR) is 136 cm³/mol. The molecule has 0 aliphatic carbocycles. The number of benzene rings is 3. The molecule has 0 unspecified atom stereocenters. The van der Waals surface area contributed by atoms with Crippen LogP contribution < -0.4 is 10.0 Å². The lowest BCUT2D eigenvalue weighted by Crippen LogP contribution is -2.13. The van der Waals surface area contributed by atoms with Gasteiger partial charge in [0.1, 0.15) is 5.69 Å². The fourth-order valence-corrected chi connectivity index (χ4v) is 4.75. The Morgan fingerprint density at radius 2 is 1.74 bits per heavy atom. The van der Waals surface area contributed by atoms with Crippen LogP contribution in [0.4, 0.5) is 11.4 Å². The number of rotatable bonds is 6. The molecule has 0 bridgehead atoms. The van der Waals surface area contributed by atoms with E-state index in [-0.39, 0.29) is 10.8 Å². The van der Waals surface area contributed by atoms with Crippen molar-refractivity contribution in [3.63, 3.8) is 0 Å². The Balaban J connectivity index is 1.47. The summed E-state index contributed by atoms with van der Waals surface area (Å²) in [5.74, 6) is -0.343. The van der Waals surface area contributed by atoms with Crippen molar-refractivity contribution in [3.8, 4) is 11.1 Å². The molecule has 3 N–H and O–H groups in total. The summed E-state index contributed by atoms with van der Waals surface area (Å²) >= 11 is 0. The number of carbonyl (C=O) groups is 1. The highest BCUT2D eigenvalue weighted by atomic mass is 32.2. The number of hydrogen-bond donors (Lipinski definition) is 3. The summed E-state index contributed by atoms with van der Waals surface area (Å²) in [6, 6.07) is 22.6. The molecule has 0 aliphatic rings. The number of carbonyl (C=O) groups excluding carboxylic acids is 1. The minimum Gasteiger partial charge on any atom is -0.320 e.